The maximum Gasteiger partial charge on any atom is 0.143 e. The molecule has 5 nitrogen and oxygen atoms in total. The van der Waals surface area contributed by atoms with Crippen LogP contribution in [0.1, 0.15) is 17.2 Å². The largest absolute Gasteiger partial charge is 0.495 e. The Morgan fingerprint density at radius 1 is 1.19 bits per heavy atom. The number of ether oxygens (including phenoxy) is 1. The Morgan fingerprint density at radius 2 is 1.94 bits per heavy atom. The summed E-state index contributed by atoms with van der Waals surface area (Å²) in [4.78, 5) is 11.6. The Bertz CT molecular complexity index is 462. The fourth-order valence-electron chi connectivity index (χ4n) is 1.42. The van der Waals surface area contributed by atoms with E-state index in [1.165, 1.54) is 13.4 Å². The Morgan fingerprint density at radius 3 is 2.62 bits per heavy atom. The van der Waals surface area contributed by atoms with Crippen LogP contribution in [0.3, 0.4) is 0 Å². The molecule has 82 valence electrons. The first-order valence-corrected chi connectivity index (χ1v) is 4.74. The smallest absolute Gasteiger partial charge is 0.143 e. The summed E-state index contributed by atoms with van der Waals surface area (Å²) in [5.74, 6) is 0.541. The van der Waals surface area contributed by atoms with Crippen molar-refractivity contribution < 1.29 is 9.84 Å². The lowest BCUT2D eigenvalue weighted by Crippen LogP contribution is -2.03. The van der Waals surface area contributed by atoms with E-state index in [1.807, 2.05) is 0 Å². The number of hydrogen-bond donors (Lipinski definition) is 1. The molecular weight excluding hydrogens is 206 g/mol. The molecule has 0 spiro atoms. The molecule has 5 heteroatoms. The molecule has 0 aliphatic rings. The summed E-state index contributed by atoms with van der Waals surface area (Å²) in [5, 5.41) is 10.1. The van der Waals surface area contributed by atoms with Gasteiger partial charge in [-0.1, -0.05) is 0 Å². The number of hydrogen-bond acceptors (Lipinski definition) is 5. The highest BCUT2D eigenvalue weighted by Gasteiger charge is 2.15. The number of rotatable bonds is 3. The van der Waals surface area contributed by atoms with E-state index in [0.717, 1.165) is 0 Å². The van der Waals surface area contributed by atoms with Gasteiger partial charge in [0.1, 0.15) is 18.2 Å². The van der Waals surface area contributed by atoms with Gasteiger partial charge in [0.15, 0.2) is 0 Å². The first-order valence-electron chi connectivity index (χ1n) is 4.74. The molecule has 2 heterocycles. The van der Waals surface area contributed by atoms with E-state index in [1.54, 1.807) is 30.9 Å². The fraction of sp³-hybridized carbons (Fsp3) is 0.182. The van der Waals surface area contributed by atoms with Gasteiger partial charge in [-0.2, -0.15) is 0 Å². The molecule has 2 rings (SSSR count). The van der Waals surface area contributed by atoms with Crippen LogP contribution in [-0.2, 0) is 0 Å². The standard InChI is InChI=1S/C11H11N3O2/c1-16-10-6-12-3-2-9(10)11(15)8-4-13-7-14-5-8/h2-7,11,15H,1H3. The molecule has 1 atom stereocenters. The van der Waals surface area contributed by atoms with Gasteiger partial charge in [-0.3, -0.25) is 4.98 Å². The van der Waals surface area contributed by atoms with Crippen molar-refractivity contribution in [1.29, 1.82) is 0 Å². The molecule has 1 unspecified atom stereocenters. The van der Waals surface area contributed by atoms with Crippen LogP contribution in [0.5, 0.6) is 5.75 Å². The normalized spacial score (nSPS) is 12.1. The van der Waals surface area contributed by atoms with Crippen LogP contribution in [0.15, 0.2) is 37.2 Å². The van der Waals surface area contributed by atoms with Crippen LogP contribution in [0.4, 0.5) is 0 Å². The second-order valence-corrected chi connectivity index (χ2v) is 3.19. The minimum Gasteiger partial charge on any atom is -0.495 e. The molecule has 2 aromatic rings. The molecule has 0 aromatic carbocycles. The first-order chi connectivity index (χ1) is 7.83. The van der Waals surface area contributed by atoms with Crippen molar-refractivity contribution in [2.45, 2.75) is 6.10 Å². The van der Waals surface area contributed by atoms with E-state index < -0.39 is 6.10 Å². The zero-order valence-corrected chi connectivity index (χ0v) is 8.74. The molecule has 0 bridgehead atoms. The first kappa shape index (κ1) is 10.5. The number of pyridine rings is 1. The van der Waals surface area contributed by atoms with E-state index in [2.05, 4.69) is 15.0 Å². The van der Waals surface area contributed by atoms with Crippen molar-refractivity contribution in [2.24, 2.45) is 0 Å². The van der Waals surface area contributed by atoms with Crippen molar-refractivity contribution in [1.82, 2.24) is 15.0 Å². The predicted molar refractivity (Wildman–Crippen MR) is 56.9 cm³/mol. The molecule has 2 aromatic heterocycles. The van der Waals surface area contributed by atoms with Crippen LogP contribution >= 0.6 is 0 Å². The SMILES string of the molecule is COc1cnccc1C(O)c1cncnc1. The van der Waals surface area contributed by atoms with Crippen LogP contribution in [0.2, 0.25) is 0 Å². The van der Waals surface area contributed by atoms with E-state index in [0.29, 0.717) is 16.9 Å². The topological polar surface area (TPSA) is 68.1 Å². The third-order valence-corrected chi connectivity index (χ3v) is 2.23. The number of nitrogens with zero attached hydrogens (tertiary/aromatic N) is 3. The fourth-order valence-corrected chi connectivity index (χ4v) is 1.42. The molecule has 1 N–H and O–H groups in total. The summed E-state index contributed by atoms with van der Waals surface area (Å²) in [6.45, 7) is 0. The highest BCUT2D eigenvalue weighted by atomic mass is 16.5. The van der Waals surface area contributed by atoms with Crippen LogP contribution in [-0.4, -0.2) is 27.2 Å². The predicted octanol–water partition coefficient (Wildman–Crippen LogP) is 0.962. The molecule has 0 saturated carbocycles. The van der Waals surface area contributed by atoms with Gasteiger partial charge >= 0.3 is 0 Å². The molecular formula is C11H11N3O2. The van der Waals surface area contributed by atoms with Crippen molar-refractivity contribution in [2.75, 3.05) is 7.11 Å². The molecule has 0 aliphatic heterocycles. The lowest BCUT2D eigenvalue weighted by atomic mass is 10.1. The number of methoxy groups -OCH3 is 1. The second kappa shape index (κ2) is 4.67. The van der Waals surface area contributed by atoms with Gasteiger partial charge in [0.2, 0.25) is 0 Å². The summed E-state index contributed by atoms with van der Waals surface area (Å²) in [7, 11) is 1.54. The minimum absolute atomic E-state index is 0.541. The highest BCUT2D eigenvalue weighted by molar-refractivity contribution is 5.36. The lowest BCUT2D eigenvalue weighted by Gasteiger charge is -2.13. The van der Waals surface area contributed by atoms with Crippen molar-refractivity contribution in [3.63, 3.8) is 0 Å². The lowest BCUT2D eigenvalue weighted by molar-refractivity contribution is 0.213. The summed E-state index contributed by atoms with van der Waals surface area (Å²) < 4.78 is 5.12. The van der Waals surface area contributed by atoms with Crippen molar-refractivity contribution >= 4 is 0 Å². The van der Waals surface area contributed by atoms with Gasteiger partial charge in [0.05, 0.1) is 13.3 Å². The summed E-state index contributed by atoms with van der Waals surface area (Å²) in [5.41, 5.74) is 1.26. The van der Waals surface area contributed by atoms with Crippen LogP contribution in [0.25, 0.3) is 0 Å². The maximum absolute atomic E-state index is 10.1. The number of aliphatic hydroxyl groups is 1. The van der Waals surface area contributed by atoms with Gasteiger partial charge in [0, 0.05) is 29.7 Å². The van der Waals surface area contributed by atoms with E-state index in [9.17, 15) is 5.11 Å². The Kier molecular flexibility index (Phi) is 3.07. The van der Waals surface area contributed by atoms with Gasteiger partial charge in [-0.15, -0.1) is 0 Å². The molecule has 0 aliphatic carbocycles. The minimum atomic E-state index is -0.806. The molecule has 0 amide bonds. The molecule has 0 radical (unpaired) electrons. The van der Waals surface area contributed by atoms with E-state index >= 15 is 0 Å². The average Bonchev–Trinajstić information content (AvgIpc) is 2.39. The zero-order chi connectivity index (χ0) is 11.4. The quantitative estimate of drug-likeness (QED) is 0.829. The summed E-state index contributed by atoms with van der Waals surface area (Å²) >= 11 is 0. The van der Waals surface area contributed by atoms with Gasteiger partial charge in [0.25, 0.3) is 0 Å². The Labute approximate surface area is 92.8 Å². The molecule has 16 heavy (non-hydrogen) atoms. The van der Waals surface area contributed by atoms with Gasteiger partial charge < -0.3 is 9.84 Å². The number of aromatic nitrogens is 3. The van der Waals surface area contributed by atoms with E-state index in [-0.39, 0.29) is 0 Å². The molecule has 0 saturated heterocycles. The third-order valence-electron chi connectivity index (χ3n) is 2.23. The van der Waals surface area contributed by atoms with Crippen LogP contribution in [0, 0.1) is 0 Å². The van der Waals surface area contributed by atoms with Crippen molar-refractivity contribution in [3.05, 3.63) is 48.3 Å². The molecule has 0 fully saturated rings. The highest BCUT2D eigenvalue weighted by Crippen LogP contribution is 2.27. The number of aliphatic hydroxyl groups excluding tert-OH is 1. The summed E-state index contributed by atoms with van der Waals surface area (Å²) in [6.07, 6.45) is 6.90. The zero-order valence-electron chi connectivity index (χ0n) is 8.74. The average molecular weight is 217 g/mol. The maximum atomic E-state index is 10.1. The van der Waals surface area contributed by atoms with Gasteiger partial charge in [-0.25, -0.2) is 9.97 Å². The van der Waals surface area contributed by atoms with Crippen molar-refractivity contribution in [3.8, 4) is 5.75 Å². The van der Waals surface area contributed by atoms with Gasteiger partial charge in [-0.05, 0) is 6.07 Å². The van der Waals surface area contributed by atoms with Crippen LogP contribution < -0.4 is 4.74 Å². The summed E-state index contributed by atoms with van der Waals surface area (Å²) in [6, 6.07) is 1.70. The van der Waals surface area contributed by atoms with E-state index in [4.69, 9.17) is 4.74 Å². The monoisotopic (exact) mass is 217 g/mol. The Balaban J connectivity index is 2.37. The Hall–Kier alpha value is -2.01. The second-order valence-electron chi connectivity index (χ2n) is 3.19. The third kappa shape index (κ3) is 1.99.